The third-order valence-corrected chi connectivity index (χ3v) is 8.21. The minimum absolute atomic E-state index is 0.135. The van der Waals surface area contributed by atoms with Gasteiger partial charge in [-0.3, -0.25) is 9.59 Å². The lowest BCUT2D eigenvalue weighted by molar-refractivity contribution is -0.149. The third kappa shape index (κ3) is 5.45. The highest BCUT2D eigenvalue weighted by atomic mass is 32.1. The fourth-order valence-corrected chi connectivity index (χ4v) is 5.83. The summed E-state index contributed by atoms with van der Waals surface area (Å²) in [5.74, 6) is -2.05. The lowest BCUT2D eigenvalue weighted by Gasteiger charge is -2.31. The Morgan fingerprint density at radius 2 is 2.17 bits per heavy atom. The minimum Gasteiger partial charge on any atom is -0.458 e. The Kier molecular flexibility index (Phi) is 7.65. The summed E-state index contributed by atoms with van der Waals surface area (Å²) in [6, 6.07) is -0.731. The van der Waals surface area contributed by atoms with E-state index in [1.807, 2.05) is 25.3 Å². The number of aliphatic hydroxyl groups excluding tert-OH is 2. The van der Waals surface area contributed by atoms with Crippen LogP contribution in [0.2, 0.25) is 0 Å². The van der Waals surface area contributed by atoms with E-state index in [0.29, 0.717) is 25.7 Å². The Bertz CT molecular complexity index is 1050. The van der Waals surface area contributed by atoms with Crippen LogP contribution in [0, 0.1) is 23.7 Å². The largest absolute Gasteiger partial charge is 0.458 e. The second-order valence-corrected chi connectivity index (χ2v) is 10.9. The number of carbonyl (C=O) groups is 2. The Balaban J connectivity index is 1.62. The van der Waals surface area contributed by atoms with E-state index in [0.717, 1.165) is 16.3 Å². The van der Waals surface area contributed by atoms with Crippen molar-refractivity contribution in [3.05, 3.63) is 38.2 Å². The number of hydrogen-bond acceptors (Lipinski definition) is 10. The first-order valence-electron chi connectivity index (χ1n) is 12.0. The molecule has 0 aromatic carbocycles. The highest BCUT2D eigenvalue weighted by Gasteiger charge is 2.56. The summed E-state index contributed by atoms with van der Waals surface area (Å²) in [5, 5.41) is 26.9. The number of epoxide rings is 1. The maximum absolute atomic E-state index is 12.9. The average Bonchev–Trinajstić information content (AvgIpc) is 3.34. The van der Waals surface area contributed by atoms with Gasteiger partial charge in [0.05, 0.1) is 35.9 Å². The SMILES string of the molecule is C/C(=C\c1csc(C)n1)[C@@H]1C[C@@H]2O[C@]2(CO)CCC[C@@H]2C=C(C(=O)[C@H](C)[C@H]2N=O)[C@@H](O)CC(=O)O1. The van der Waals surface area contributed by atoms with Crippen molar-refractivity contribution >= 4 is 29.2 Å². The van der Waals surface area contributed by atoms with Crippen LogP contribution in [0.1, 0.15) is 56.7 Å². The molecule has 4 rings (SSSR count). The Morgan fingerprint density at radius 3 is 2.83 bits per heavy atom. The summed E-state index contributed by atoms with van der Waals surface area (Å²) >= 11 is 1.52. The van der Waals surface area contributed by atoms with Crippen LogP contribution >= 0.6 is 11.3 Å². The molecule has 0 radical (unpaired) electrons. The van der Waals surface area contributed by atoms with E-state index >= 15 is 0 Å². The highest BCUT2D eigenvalue weighted by molar-refractivity contribution is 7.09. The van der Waals surface area contributed by atoms with Gasteiger partial charge in [0.1, 0.15) is 17.7 Å². The van der Waals surface area contributed by atoms with E-state index < -0.39 is 35.7 Å². The molecule has 35 heavy (non-hydrogen) atoms. The van der Waals surface area contributed by atoms with Crippen LogP contribution in [-0.4, -0.2) is 63.5 Å². The van der Waals surface area contributed by atoms with Crippen molar-refractivity contribution < 1.29 is 29.3 Å². The van der Waals surface area contributed by atoms with Crippen molar-refractivity contribution in [2.45, 2.75) is 82.8 Å². The van der Waals surface area contributed by atoms with Crippen LogP contribution in [0.15, 0.2) is 27.8 Å². The number of rotatable bonds is 4. The summed E-state index contributed by atoms with van der Waals surface area (Å²) < 4.78 is 11.7. The van der Waals surface area contributed by atoms with Crippen molar-refractivity contribution in [1.29, 1.82) is 0 Å². The van der Waals surface area contributed by atoms with Crippen molar-refractivity contribution in [3.8, 4) is 0 Å². The standard InChI is InChI=1S/C25H32N2O7S/c1-13(7-17-11-35-15(3)26-17)20-10-21-25(12-28,34-21)6-4-5-16-8-18(19(29)9-22(30)33-20)24(31)14(2)23(16)27-32/h7-8,11,14,16,19-21,23,28-29H,4-6,9-10,12H2,1-3H3/b13-7+/t14-,16-,19+,20+,21+,23-,25+/m1/s1. The molecule has 1 aliphatic carbocycles. The number of thiazole rings is 1. The van der Waals surface area contributed by atoms with Gasteiger partial charge in [-0.1, -0.05) is 18.2 Å². The number of aryl methyl sites for hydroxylation is 1. The zero-order chi connectivity index (χ0) is 25.3. The molecule has 3 aliphatic rings. The topological polar surface area (TPSA) is 139 Å². The number of esters is 1. The van der Waals surface area contributed by atoms with Crippen molar-refractivity contribution in [2.75, 3.05) is 6.61 Å². The molecule has 1 aromatic rings. The van der Waals surface area contributed by atoms with Gasteiger partial charge < -0.3 is 19.7 Å². The van der Waals surface area contributed by atoms with Gasteiger partial charge >= 0.3 is 5.97 Å². The minimum atomic E-state index is -1.32. The molecule has 1 fully saturated rings. The molecular formula is C25H32N2O7S. The number of ether oxygens (including phenoxy) is 2. The number of hydrogen-bond donors (Lipinski definition) is 2. The number of aromatic nitrogens is 1. The lowest BCUT2D eigenvalue weighted by atomic mass is 9.74. The van der Waals surface area contributed by atoms with Gasteiger partial charge in [-0.2, -0.15) is 4.91 Å². The summed E-state index contributed by atoms with van der Waals surface area (Å²) in [5.41, 5.74) is 0.949. The van der Waals surface area contributed by atoms with E-state index in [1.165, 1.54) is 11.3 Å². The Morgan fingerprint density at radius 1 is 1.40 bits per heavy atom. The predicted molar refractivity (Wildman–Crippen MR) is 129 cm³/mol. The molecule has 10 heteroatoms. The number of fused-ring (bicyclic) bond motifs is 2. The fraction of sp³-hybridized carbons (Fsp3) is 0.640. The van der Waals surface area contributed by atoms with Crippen LogP contribution in [0.25, 0.3) is 6.08 Å². The van der Waals surface area contributed by atoms with E-state index in [9.17, 15) is 24.7 Å². The van der Waals surface area contributed by atoms with Gasteiger partial charge in [-0.25, -0.2) is 4.98 Å². The molecule has 3 heterocycles. The number of nitrogens with zero attached hydrogens (tertiary/aromatic N) is 2. The molecule has 1 aromatic heterocycles. The van der Waals surface area contributed by atoms with Gasteiger partial charge in [-0.05, 0) is 44.8 Å². The number of Topliss-reactive ketones (excluding diaryl/α,β-unsaturated/α-hetero) is 1. The predicted octanol–water partition coefficient (Wildman–Crippen LogP) is 3.12. The fourth-order valence-electron chi connectivity index (χ4n) is 5.25. The second kappa shape index (κ2) is 10.4. The quantitative estimate of drug-likeness (QED) is 0.362. The van der Waals surface area contributed by atoms with Gasteiger partial charge in [0.25, 0.3) is 0 Å². The normalized spacial score (nSPS) is 36.5. The number of aliphatic hydroxyl groups is 2. The number of ketones is 1. The molecule has 2 bridgehead atoms. The first-order valence-corrected chi connectivity index (χ1v) is 12.9. The summed E-state index contributed by atoms with van der Waals surface area (Å²) in [6.45, 7) is 5.22. The smallest absolute Gasteiger partial charge is 0.309 e. The van der Waals surface area contributed by atoms with Gasteiger partial charge in [-0.15, -0.1) is 11.3 Å². The van der Waals surface area contributed by atoms with E-state index in [1.54, 1.807) is 13.0 Å². The molecule has 2 aliphatic heterocycles. The first kappa shape index (κ1) is 25.8. The lowest BCUT2D eigenvalue weighted by Crippen LogP contribution is -2.40. The maximum atomic E-state index is 12.9. The van der Waals surface area contributed by atoms with Crippen molar-refractivity contribution in [1.82, 2.24) is 4.98 Å². The second-order valence-electron chi connectivity index (χ2n) is 9.87. The van der Waals surface area contributed by atoms with Gasteiger partial charge in [0.15, 0.2) is 5.78 Å². The van der Waals surface area contributed by atoms with Crippen LogP contribution < -0.4 is 0 Å². The third-order valence-electron chi connectivity index (χ3n) is 7.42. The number of carbonyl (C=O) groups excluding carboxylic acids is 2. The van der Waals surface area contributed by atoms with E-state index in [4.69, 9.17) is 9.47 Å². The monoisotopic (exact) mass is 504 g/mol. The molecule has 0 amide bonds. The molecule has 7 atom stereocenters. The Labute approximate surface area is 208 Å². The average molecular weight is 505 g/mol. The number of nitroso groups, excluding NO2 is 1. The molecular weight excluding hydrogens is 472 g/mol. The molecule has 190 valence electrons. The Hall–Kier alpha value is -2.27. The zero-order valence-corrected chi connectivity index (χ0v) is 21.0. The molecule has 0 spiro atoms. The van der Waals surface area contributed by atoms with Crippen LogP contribution in [-0.2, 0) is 19.1 Å². The maximum Gasteiger partial charge on any atom is 0.309 e. The van der Waals surface area contributed by atoms with Crippen molar-refractivity contribution in [3.63, 3.8) is 0 Å². The molecule has 2 N–H and O–H groups in total. The zero-order valence-electron chi connectivity index (χ0n) is 20.2. The summed E-state index contributed by atoms with van der Waals surface area (Å²) in [7, 11) is 0. The summed E-state index contributed by atoms with van der Waals surface area (Å²) in [6.07, 6.45) is 2.93. The molecule has 0 saturated carbocycles. The van der Waals surface area contributed by atoms with Crippen LogP contribution in [0.5, 0.6) is 0 Å². The van der Waals surface area contributed by atoms with E-state index in [-0.39, 0.29) is 36.4 Å². The van der Waals surface area contributed by atoms with E-state index in [2.05, 4.69) is 10.2 Å². The summed E-state index contributed by atoms with van der Waals surface area (Å²) in [4.78, 5) is 41.6. The highest BCUT2D eigenvalue weighted by Crippen LogP contribution is 2.45. The number of cyclic esters (lactones) is 1. The molecule has 0 unspecified atom stereocenters. The van der Waals surface area contributed by atoms with Gasteiger partial charge in [0.2, 0.25) is 0 Å². The van der Waals surface area contributed by atoms with Gasteiger partial charge in [0, 0.05) is 29.2 Å². The van der Waals surface area contributed by atoms with Crippen LogP contribution in [0.4, 0.5) is 0 Å². The van der Waals surface area contributed by atoms with Crippen molar-refractivity contribution in [2.24, 2.45) is 17.0 Å². The molecule has 1 saturated heterocycles. The molecule has 9 nitrogen and oxygen atoms in total. The van der Waals surface area contributed by atoms with Crippen LogP contribution in [0.3, 0.4) is 0 Å². The first-order chi connectivity index (χ1) is 16.7.